The Hall–Kier alpha value is -2.14. The maximum atomic E-state index is 11.5. The van der Waals surface area contributed by atoms with Crippen molar-refractivity contribution in [3.05, 3.63) is 35.9 Å². The lowest BCUT2D eigenvalue weighted by atomic mass is 10.2. The number of rotatable bonds is 6. The minimum absolute atomic E-state index is 0.0974. The third-order valence-electron chi connectivity index (χ3n) is 2.20. The fourth-order valence-electron chi connectivity index (χ4n) is 1.37. The first kappa shape index (κ1) is 13.9. The van der Waals surface area contributed by atoms with Gasteiger partial charge in [0, 0.05) is 18.2 Å². The molecule has 0 aliphatic carbocycles. The van der Waals surface area contributed by atoms with E-state index in [1.54, 1.807) is 24.3 Å². The second kappa shape index (κ2) is 7.24. The van der Waals surface area contributed by atoms with Gasteiger partial charge in [0.15, 0.2) is 0 Å². The molecule has 0 unspecified atom stereocenters. The summed E-state index contributed by atoms with van der Waals surface area (Å²) in [6, 6.07) is 6.97. The van der Waals surface area contributed by atoms with E-state index in [1.165, 1.54) is 6.08 Å². The van der Waals surface area contributed by atoms with Crippen LogP contribution in [0.1, 0.15) is 18.4 Å². The summed E-state index contributed by atoms with van der Waals surface area (Å²) in [4.78, 5) is 21.9. The number of benzene rings is 1. The standard InChI is InChI=1S/C13H16N2O3/c14-8-2-5-12(16)15-11-4-1-3-10(9-11)6-7-13(17)18/h1,3-4,6-7,9H,2,5,8,14H2,(H,15,16)(H,17,18)/b7-6+. The van der Waals surface area contributed by atoms with Gasteiger partial charge in [-0.3, -0.25) is 4.79 Å². The van der Waals surface area contributed by atoms with Gasteiger partial charge in [0.2, 0.25) is 5.91 Å². The molecule has 1 aromatic rings. The van der Waals surface area contributed by atoms with Gasteiger partial charge in [-0.1, -0.05) is 12.1 Å². The van der Waals surface area contributed by atoms with Crippen molar-refractivity contribution in [3.8, 4) is 0 Å². The predicted molar refractivity (Wildman–Crippen MR) is 70.0 cm³/mol. The summed E-state index contributed by atoms with van der Waals surface area (Å²) in [5.41, 5.74) is 6.68. The topological polar surface area (TPSA) is 92.4 Å². The molecule has 1 aromatic carbocycles. The van der Waals surface area contributed by atoms with E-state index < -0.39 is 5.97 Å². The van der Waals surface area contributed by atoms with E-state index >= 15 is 0 Å². The Labute approximate surface area is 105 Å². The smallest absolute Gasteiger partial charge is 0.328 e. The van der Waals surface area contributed by atoms with Crippen molar-refractivity contribution in [2.75, 3.05) is 11.9 Å². The van der Waals surface area contributed by atoms with E-state index in [4.69, 9.17) is 10.8 Å². The van der Waals surface area contributed by atoms with Gasteiger partial charge in [0.25, 0.3) is 0 Å². The highest BCUT2D eigenvalue weighted by Gasteiger charge is 2.01. The van der Waals surface area contributed by atoms with E-state index in [1.807, 2.05) is 0 Å². The maximum absolute atomic E-state index is 11.5. The lowest BCUT2D eigenvalue weighted by Gasteiger charge is -2.05. The summed E-state index contributed by atoms with van der Waals surface area (Å²) >= 11 is 0. The number of aliphatic carboxylic acids is 1. The number of carboxylic acids is 1. The Bertz CT molecular complexity index is 455. The molecule has 96 valence electrons. The van der Waals surface area contributed by atoms with Crippen LogP contribution in [0, 0.1) is 0 Å². The van der Waals surface area contributed by atoms with Crippen LogP contribution < -0.4 is 11.1 Å². The molecule has 4 N–H and O–H groups in total. The van der Waals surface area contributed by atoms with Crippen LogP contribution in [0.3, 0.4) is 0 Å². The van der Waals surface area contributed by atoms with Gasteiger partial charge < -0.3 is 16.2 Å². The molecule has 0 atom stereocenters. The van der Waals surface area contributed by atoms with Crippen LogP contribution in [-0.4, -0.2) is 23.5 Å². The molecule has 1 rings (SSSR count). The Morgan fingerprint density at radius 1 is 1.39 bits per heavy atom. The van der Waals surface area contributed by atoms with Crippen LogP contribution in [0.25, 0.3) is 6.08 Å². The molecule has 0 aromatic heterocycles. The lowest BCUT2D eigenvalue weighted by molar-refractivity contribution is -0.131. The maximum Gasteiger partial charge on any atom is 0.328 e. The molecular formula is C13H16N2O3. The van der Waals surface area contributed by atoms with Crippen molar-refractivity contribution < 1.29 is 14.7 Å². The highest BCUT2D eigenvalue weighted by Crippen LogP contribution is 2.12. The molecule has 0 heterocycles. The molecule has 0 spiro atoms. The van der Waals surface area contributed by atoms with Crippen LogP contribution in [0.5, 0.6) is 0 Å². The molecule has 0 bridgehead atoms. The number of anilines is 1. The quantitative estimate of drug-likeness (QED) is 0.664. The molecule has 0 radical (unpaired) electrons. The zero-order valence-corrected chi connectivity index (χ0v) is 9.93. The molecule has 5 heteroatoms. The number of hydrogen-bond donors (Lipinski definition) is 3. The molecule has 0 fully saturated rings. The van der Waals surface area contributed by atoms with Crippen LogP contribution in [0.4, 0.5) is 5.69 Å². The van der Waals surface area contributed by atoms with Gasteiger partial charge in [0.05, 0.1) is 0 Å². The van der Waals surface area contributed by atoms with E-state index in [0.29, 0.717) is 30.6 Å². The van der Waals surface area contributed by atoms with Crippen molar-refractivity contribution >= 4 is 23.6 Å². The fourth-order valence-corrected chi connectivity index (χ4v) is 1.37. The van der Waals surface area contributed by atoms with Gasteiger partial charge in [0.1, 0.15) is 0 Å². The van der Waals surface area contributed by atoms with Crippen LogP contribution in [0.15, 0.2) is 30.3 Å². The SMILES string of the molecule is NCCCC(=O)Nc1cccc(/C=C/C(=O)O)c1. The second-order valence-electron chi connectivity index (χ2n) is 3.74. The average Bonchev–Trinajstić information content (AvgIpc) is 2.34. The minimum atomic E-state index is -1.01. The van der Waals surface area contributed by atoms with Gasteiger partial charge in [-0.15, -0.1) is 0 Å². The summed E-state index contributed by atoms with van der Waals surface area (Å²) in [5.74, 6) is -1.10. The van der Waals surface area contributed by atoms with Gasteiger partial charge in [-0.05, 0) is 36.7 Å². The lowest BCUT2D eigenvalue weighted by Crippen LogP contribution is -2.13. The van der Waals surface area contributed by atoms with Crippen LogP contribution in [0.2, 0.25) is 0 Å². The second-order valence-corrected chi connectivity index (χ2v) is 3.74. The minimum Gasteiger partial charge on any atom is -0.478 e. The fraction of sp³-hybridized carbons (Fsp3) is 0.231. The van der Waals surface area contributed by atoms with Crippen LogP contribution >= 0.6 is 0 Å². The summed E-state index contributed by atoms with van der Waals surface area (Å²) in [6.45, 7) is 0.481. The third kappa shape index (κ3) is 5.27. The summed E-state index contributed by atoms with van der Waals surface area (Å²) in [5, 5.41) is 11.2. The molecular weight excluding hydrogens is 232 g/mol. The number of carboxylic acid groups (broad SMARTS) is 1. The number of amides is 1. The predicted octanol–water partition coefficient (Wildman–Crippen LogP) is 1.46. The van der Waals surface area contributed by atoms with Crippen LogP contribution in [-0.2, 0) is 9.59 Å². The zero-order chi connectivity index (χ0) is 13.4. The molecule has 0 saturated heterocycles. The number of nitrogens with two attached hydrogens (primary N) is 1. The first-order valence-corrected chi connectivity index (χ1v) is 5.63. The van der Waals surface area contributed by atoms with Crippen molar-refractivity contribution in [2.45, 2.75) is 12.8 Å². The highest BCUT2D eigenvalue weighted by atomic mass is 16.4. The Balaban J connectivity index is 2.64. The van der Waals surface area contributed by atoms with Crippen molar-refractivity contribution in [1.29, 1.82) is 0 Å². The van der Waals surface area contributed by atoms with E-state index in [-0.39, 0.29) is 5.91 Å². The normalized spacial score (nSPS) is 10.5. The van der Waals surface area contributed by atoms with E-state index in [2.05, 4.69) is 5.32 Å². The Morgan fingerprint density at radius 3 is 2.83 bits per heavy atom. The van der Waals surface area contributed by atoms with E-state index in [0.717, 1.165) is 6.08 Å². The summed E-state index contributed by atoms with van der Waals surface area (Å²) in [7, 11) is 0. The van der Waals surface area contributed by atoms with Crippen molar-refractivity contribution in [2.24, 2.45) is 5.73 Å². The third-order valence-corrected chi connectivity index (χ3v) is 2.20. The van der Waals surface area contributed by atoms with Crippen molar-refractivity contribution in [1.82, 2.24) is 0 Å². The van der Waals surface area contributed by atoms with Gasteiger partial charge in [-0.2, -0.15) is 0 Å². The molecule has 0 saturated carbocycles. The average molecular weight is 248 g/mol. The molecule has 18 heavy (non-hydrogen) atoms. The largest absolute Gasteiger partial charge is 0.478 e. The summed E-state index contributed by atoms with van der Waals surface area (Å²) in [6.07, 6.45) is 3.55. The number of nitrogens with one attached hydrogen (secondary N) is 1. The van der Waals surface area contributed by atoms with Gasteiger partial charge >= 0.3 is 5.97 Å². The molecule has 5 nitrogen and oxygen atoms in total. The van der Waals surface area contributed by atoms with Crippen molar-refractivity contribution in [3.63, 3.8) is 0 Å². The number of hydrogen-bond acceptors (Lipinski definition) is 3. The Kier molecular flexibility index (Phi) is 5.60. The van der Waals surface area contributed by atoms with E-state index in [9.17, 15) is 9.59 Å². The van der Waals surface area contributed by atoms with Gasteiger partial charge in [-0.25, -0.2) is 4.79 Å². The summed E-state index contributed by atoms with van der Waals surface area (Å²) < 4.78 is 0. The Morgan fingerprint density at radius 2 is 2.17 bits per heavy atom. The zero-order valence-electron chi connectivity index (χ0n) is 9.93. The molecule has 1 amide bonds. The highest BCUT2D eigenvalue weighted by molar-refractivity contribution is 5.91. The number of carbonyl (C=O) groups excluding carboxylic acids is 1. The molecule has 0 aliphatic heterocycles. The monoisotopic (exact) mass is 248 g/mol. The first-order chi connectivity index (χ1) is 8.61. The molecule has 0 aliphatic rings. The number of carbonyl (C=O) groups is 2. The first-order valence-electron chi connectivity index (χ1n) is 5.63.